The molecule has 3 aliphatic rings. The van der Waals surface area contributed by atoms with Gasteiger partial charge in [0, 0.05) is 21.6 Å². The Hall–Kier alpha value is -2.62. The average molecular weight is 391 g/mol. The number of hydrogen-bond acceptors (Lipinski definition) is 3. The van der Waals surface area contributed by atoms with Gasteiger partial charge in [0.2, 0.25) is 0 Å². The zero-order chi connectivity index (χ0) is 19.7. The fraction of sp³-hybridized carbons (Fsp3) is 0.308. The van der Waals surface area contributed by atoms with Crippen LogP contribution >= 0.6 is 0 Å². The van der Waals surface area contributed by atoms with Crippen LogP contribution in [0.4, 0.5) is 5.69 Å². The summed E-state index contributed by atoms with van der Waals surface area (Å²) < 4.78 is 5.30. The predicted molar refractivity (Wildman–Crippen MR) is 125 cm³/mol. The van der Waals surface area contributed by atoms with Gasteiger partial charge in [0.05, 0.1) is 13.2 Å². The third-order valence-corrected chi connectivity index (χ3v) is 5.62. The first-order valence-electron chi connectivity index (χ1n) is 10.6. The largest absolute Gasteiger partial charge is 0.384 e. The van der Waals surface area contributed by atoms with Crippen LogP contribution in [0.15, 0.2) is 72.8 Å². The molecule has 0 fully saturated rings. The molecule has 0 aliphatic carbocycles. The highest BCUT2D eigenvalue weighted by Gasteiger charge is 2.07. The Balaban J connectivity index is 0.000000160. The van der Waals surface area contributed by atoms with Gasteiger partial charge in [0.1, 0.15) is 0 Å². The van der Waals surface area contributed by atoms with Crippen LogP contribution in [-0.2, 0) is 37.2 Å². The van der Waals surface area contributed by atoms with Gasteiger partial charge in [-0.3, -0.25) is 0 Å². The second-order valence-corrected chi connectivity index (χ2v) is 7.60. The highest BCUT2D eigenvalue weighted by atomic mass is 16.5. The molecule has 0 amide bonds. The maximum absolute atomic E-state index is 5.30. The first-order chi connectivity index (χ1) is 14.4. The third-order valence-electron chi connectivity index (χ3n) is 5.62. The Kier molecular flexibility index (Phi) is 6.95. The smallest absolute Gasteiger partial charge is 0.0719 e. The number of fused-ring (bicyclic) bond motifs is 3. The molecule has 6 rings (SSSR count). The molecule has 0 radical (unpaired) electrons. The molecule has 2 N–H and O–H groups in total. The van der Waals surface area contributed by atoms with Crippen LogP contribution < -0.4 is 10.6 Å². The molecular formula is C26H34N2O. The van der Waals surface area contributed by atoms with Crippen molar-refractivity contribution in [1.29, 1.82) is 0 Å². The number of ether oxygens (including phenoxy) is 1. The van der Waals surface area contributed by atoms with Crippen LogP contribution in [0.1, 0.15) is 30.7 Å². The van der Waals surface area contributed by atoms with Gasteiger partial charge >= 0.3 is 0 Å². The Morgan fingerprint density at radius 3 is 1.97 bits per heavy atom. The molecule has 3 aliphatic heterocycles. The molecule has 0 unspecified atom stereocenters. The number of benzene rings is 3. The first kappa shape index (κ1) is 19.7. The number of hydrogen-bond donors (Lipinski definition) is 2. The zero-order valence-electron chi connectivity index (χ0n) is 17.0. The van der Waals surface area contributed by atoms with Crippen molar-refractivity contribution >= 4 is 5.69 Å². The van der Waals surface area contributed by atoms with Crippen LogP contribution in [0.25, 0.3) is 0 Å². The standard InChI is InChI=1S/C9H11N.C9H10O.C8H9N.2H2/c2*1-2-4-9-7-10-6-5-8(9)3-1;1-2-4-8-7(3-1)5-6-9-8;;/h1-4,10H,5-7H2;1-4H,5-7H2;1-4,9H,5-6H2;2*1H. The fourth-order valence-electron chi connectivity index (χ4n) is 3.97. The summed E-state index contributed by atoms with van der Waals surface area (Å²) in [4.78, 5) is 0. The summed E-state index contributed by atoms with van der Waals surface area (Å²) in [5, 5.41) is 6.64. The van der Waals surface area contributed by atoms with E-state index >= 15 is 0 Å². The zero-order valence-corrected chi connectivity index (χ0v) is 17.0. The summed E-state index contributed by atoms with van der Waals surface area (Å²) in [6.45, 7) is 4.99. The maximum Gasteiger partial charge on any atom is 0.0719 e. The van der Waals surface area contributed by atoms with Gasteiger partial charge in [-0.25, -0.2) is 0 Å². The summed E-state index contributed by atoms with van der Waals surface area (Å²) in [5.41, 5.74) is 8.56. The summed E-state index contributed by atoms with van der Waals surface area (Å²) in [6.07, 6.45) is 3.46. The molecule has 3 heterocycles. The van der Waals surface area contributed by atoms with Gasteiger partial charge < -0.3 is 15.4 Å². The van der Waals surface area contributed by atoms with Gasteiger partial charge in [-0.2, -0.15) is 0 Å². The molecule has 0 saturated carbocycles. The Labute approximate surface area is 177 Å². The van der Waals surface area contributed by atoms with Gasteiger partial charge in [-0.15, -0.1) is 0 Å². The van der Waals surface area contributed by atoms with Crippen molar-refractivity contribution in [3.05, 3.63) is 101 Å². The van der Waals surface area contributed by atoms with E-state index in [1.165, 1.54) is 46.3 Å². The van der Waals surface area contributed by atoms with Crippen molar-refractivity contribution in [1.82, 2.24) is 5.32 Å². The second kappa shape index (κ2) is 10.2. The van der Waals surface area contributed by atoms with Gasteiger partial charge in [0.25, 0.3) is 0 Å². The number of nitrogens with one attached hydrogen (secondary N) is 2. The van der Waals surface area contributed by atoms with Gasteiger partial charge in [-0.1, -0.05) is 66.7 Å². The van der Waals surface area contributed by atoms with E-state index in [-0.39, 0.29) is 2.85 Å². The van der Waals surface area contributed by atoms with Crippen molar-refractivity contribution < 1.29 is 7.59 Å². The molecule has 3 aromatic rings. The molecular weight excluding hydrogens is 356 g/mol. The van der Waals surface area contributed by atoms with Gasteiger partial charge in [-0.05, 0) is 59.7 Å². The van der Waals surface area contributed by atoms with E-state index in [2.05, 4.69) is 83.4 Å². The van der Waals surface area contributed by atoms with Crippen LogP contribution in [0.3, 0.4) is 0 Å². The van der Waals surface area contributed by atoms with E-state index in [4.69, 9.17) is 4.74 Å². The lowest BCUT2D eigenvalue weighted by atomic mass is 10.0. The number of rotatable bonds is 0. The monoisotopic (exact) mass is 390 g/mol. The summed E-state index contributed by atoms with van der Waals surface area (Å²) in [5.74, 6) is 0. The molecule has 0 saturated heterocycles. The van der Waals surface area contributed by atoms with Crippen LogP contribution in [0.5, 0.6) is 0 Å². The highest BCUT2D eigenvalue weighted by molar-refractivity contribution is 5.54. The van der Waals surface area contributed by atoms with E-state index in [1.807, 2.05) is 0 Å². The molecule has 29 heavy (non-hydrogen) atoms. The number of para-hydroxylation sites is 1. The Morgan fingerprint density at radius 2 is 1.24 bits per heavy atom. The quantitative estimate of drug-likeness (QED) is 0.551. The van der Waals surface area contributed by atoms with Crippen molar-refractivity contribution in [3.63, 3.8) is 0 Å². The average Bonchev–Trinajstić information content (AvgIpc) is 3.29. The van der Waals surface area contributed by atoms with Crippen molar-refractivity contribution in [2.24, 2.45) is 0 Å². The van der Waals surface area contributed by atoms with Crippen molar-refractivity contribution in [2.75, 3.05) is 25.0 Å². The fourth-order valence-corrected chi connectivity index (χ4v) is 3.97. The Bertz CT molecular complexity index is 808. The SMILES string of the molecule is [HH].[HH].c1ccc2c(c1)CCN2.c1ccc2c(c1)CCNC2.c1ccc2c(c1)CCOC2. The minimum atomic E-state index is 0. The summed E-state index contributed by atoms with van der Waals surface area (Å²) in [6, 6.07) is 25.6. The van der Waals surface area contributed by atoms with E-state index in [0.29, 0.717) is 0 Å². The topological polar surface area (TPSA) is 33.3 Å². The van der Waals surface area contributed by atoms with Crippen LogP contribution in [0.2, 0.25) is 0 Å². The van der Waals surface area contributed by atoms with E-state index < -0.39 is 0 Å². The van der Waals surface area contributed by atoms with Gasteiger partial charge in [0.15, 0.2) is 0 Å². The van der Waals surface area contributed by atoms with E-state index in [1.54, 1.807) is 0 Å². The Morgan fingerprint density at radius 1 is 0.621 bits per heavy atom. The third kappa shape index (κ3) is 5.47. The normalized spacial score (nSPS) is 15.9. The minimum absolute atomic E-state index is 0. The maximum atomic E-state index is 5.30. The molecule has 154 valence electrons. The predicted octanol–water partition coefficient (Wildman–Crippen LogP) is 5.24. The van der Waals surface area contributed by atoms with Crippen molar-refractivity contribution in [2.45, 2.75) is 32.4 Å². The molecule has 0 aromatic heterocycles. The minimum Gasteiger partial charge on any atom is -0.384 e. The molecule has 0 spiro atoms. The van der Waals surface area contributed by atoms with Crippen LogP contribution in [-0.4, -0.2) is 19.7 Å². The van der Waals surface area contributed by atoms with E-state index in [9.17, 15) is 0 Å². The second-order valence-electron chi connectivity index (χ2n) is 7.60. The lowest BCUT2D eigenvalue weighted by molar-refractivity contribution is 0.111. The number of anilines is 1. The summed E-state index contributed by atoms with van der Waals surface area (Å²) >= 11 is 0. The van der Waals surface area contributed by atoms with E-state index in [0.717, 1.165) is 39.3 Å². The molecule has 3 nitrogen and oxygen atoms in total. The lowest BCUT2D eigenvalue weighted by Crippen LogP contribution is -2.23. The lowest BCUT2D eigenvalue weighted by Gasteiger charge is -2.15. The molecule has 0 bridgehead atoms. The molecule has 0 atom stereocenters. The van der Waals surface area contributed by atoms with Crippen LogP contribution in [0, 0.1) is 0 Å². The summed E-state index contributed by atoms with van der Waals surface area (Å²) in [7, 11) is 0. The highest BCUT2D eigenvalue weighted by Crippen LogP contribution is 2.20. The first-order valence-corrected chi connectivity index (χ1v) is 10.6. The molecule has 3 aromatic carbocycles. The van der Waals surface area contributed by atoms with Crippen molar-refractivity contribution in [3.8, 4) is 0 Å². The molecule has 3 heteroatoms.